The molecule has 2 saturated carbocycles. The van der Waals surface area contributed by atoms with Crippen LogP contribution in [0.1, 0.15) is 57.5 Å². The first-order valence-electron chi connectivity index (χ1n) is 8.11. The molecule has 3 rings (SSSR count). The predicted octanol–water partition coefficient (Wildman–Crippen LogP) is 3.87. The summed E-state index contributed by atoms with van der Waals surface area (Å²) in [4.78, 5) is 0. The summed E-state index contributed by atoms with van der Waals surface area (Å²) in [5, 5.41) is 3.47. The van der Waals surface area contributed by atoms with Gasteiger partial charge in [-0.15, -0.1) is 0 Å². The fourth-order valence-corrected chi connectivity index (χ4v) is 3.34. The van der Waals surface area contributed by atoms with Gasteiger partial charge in [0.05, 0.1) is 12.6 Å². The Morgan fingerprint density at radius 2 is 1.80 bits per heavy atom. The SMILES string of the molecule is CC1CC(C)CC(OCc2ccc(CNC3CC3)o2)C1. The van der Waals surface area contributed by atoms with Crippen molar-refractivity contribution < 1.29 is 9.15 Å². The molecule has 2 fully saturated rings. The molecule has 0 aromatic carbocycles. The highest BCUT2D eigenvalue weighted by Crippen LogP contribution is 2.30. The van der Waals surface area contributed by atoms with E-state index in [2.05, 4.69) is 31.3 Å². The van der Waals surface area contributed by atoms with Crippen LogP contribution < -0.4 is 5.32 Å². The second-order valence-electron chi connectivity index (χ2n) is 6.87. The van der Waals surface area contributed by atoms with Crippen LogP contribution in [0.4, 0.5) is 0 Å². The zero-order chi connectivity index (χ0) is 13.9. The van der Waals surface area contributed by atoms with Gasteiger partial charge in [-0.25, -0.2) is 0 Å². The third-order valence-electron chi connectivity index (χ3n) is 4.46. The minimum Gasteiger partial charge on any atom is -0.462 e. The van der Waals surface area contributed by atoms with E-state index >= 15 is 0 Å². The Morgan fingerprint density at radius 1 is 1.10 bits per heavy atom. The molecule has 2 aliphatic rings. The lowest BCUT2D eigenvalue weighted by molar-refractivity contribution is -0.0159. The van der Waals surface area contributed by atoms with Gasteiger partial charge in [-0.1, -0.05) is 13.8 Å². The molecule has 3 heteroatoms. The Bertz CT molecular complexity index is 414. The highest BCUT2D eigenvalue weighted by Gasteiger charge is 2.24. The van der Waals surface area contributed by atoms with Gasteiger partial charge in [0.25, 0.3) is 0 Å². The van der Waals surface area contributed by atoms with E-state index in [9.17, 15) is 0 Å². The van der Waals surface area contributed by atoms with Crippen LogP contribution in [0.25, 0.3) is 0 Å². The summed E-state index contributed by atoms with van der Waals surface area (Å²) in [6, 6.07) is 4.85. The normalized spacial score (nSPS) is 30.6. The highest BCUT2D eigenvalue weighted by atomic mass is 16.5. The van der Waals surface area contributed by atoms with Crippen molar-refractivity contribution in [2.45, 2.75) is 71.2 Å². The molecule has 0 amide bonds. The molecule has 2 atom stereocenters. The van der Waals surface area contributed by atoms with Gasteiger partial charge in [0.2, 0.25) is 0 Å². The van der Waals surface area contributed by atoms with Crippen LogP contribution in [-0.4, -0.2) is 12.1 Å². The van der Waals surface area contributed by atoms with Crippen LogP contribution in [0.15, 0.2) is 16.5 Å². The average Bonchev–Trinajstić information content (AvgIpc) is 3.12. The van der Waals surface area contributed by atoms with Gasteiger partial charge in [0.1, 0.15) is 18.1 Å². The third kappa shape index (κ3) is 4.10. The maximum absolute atomic E-state index is 6.05. The Hall–Kier alpha value is -0.800. The second-order valence-corrected chi connectivity index (χ2v) is 6.87. The predicted molar refractivity (Wildman–Crippen MR) is 79.3 cm³/mol. The van der Waals surface area contributed by atoms with E-state index in [0.29, 0.717) is 12.7 Å². The molecule has 1 N–H and O–H groups in total. The number of furan rings is 1. The van der Waals surface area contributed by atoms with Crippen LogP contribution in [0.3, 0.4) is 0 Å². The quantitative estimate of drug-likeness (QED) is 0.857. The topological polar surface area (TPSA) is 34.4 Å². The lowest BCUT2D eigenvalue weighted by Gasteiger charge is -2.31. The minimum absolute atomic E-state index is 0.409. The maximum Gasteiger partial charge on any atom is 0.129 e. The van der Waals surface area contributed by atoms with E-state index in [1.165, 1.54) is 32.1 Å². The molecule has 0 spiro atoms. The molecule has 0 aliphatic heterocycles. The summed E-state index contributed by atoms with van der Waals surface area (Å²) < 4.78 is 11.9. The van der Waals surface area contributed by atoms with Crippen LogP contribution in [0, 0.1) is 11.8 Å². The summed E-state index contributed by atoms with van der Waals surface area (Å²) in [7, 11) is 0. The van der Waals surface area contributed by atoms with Crippen molar-refractivity contribution in [1.82, 2.24) is 5.32 Å². The zero-order valence-corrected chi connectivity index (χ0v) is 12.7. The van der Waals surface area contributed by atoms with Gasteiger partial charge in [-0.05, 0) is 56.1 Å². The molecular formula is C17H27NO2. The Kier molecular flexibility index (Phi) is 4.47. The van der Waals surface area contributed by atoms with E-state index in [1.54, 1.807) is 0 Å². The summed E-state index contributed by atoms with van der Waals surface area (Å²) >= 11 is 0. The van der Waals surface area contributed by atoms with Crippen LogP contribution in [-0.2, 0) is 17.9 Å². The number of ether oxygens (including phenoxy) is 1. The van der Waals surface area contributed by atoms with Gasteiger partial charge >= 0.3 is 0 Å². The standard InChI is InChI=1S/C17H27NO2/c1-12-7-13(2)9-17(8-12)19-11-16-6-5-15(20-16)10-18-14-3-4-14/h5-6,12-14,17-18H,3-4,7-11H2,1-2H3. The molecule has 20 heavy (non-hydrogen) atoms. The van der Waals surface area contributed by atoms with Crippen molar-refractivity contribution in [3.8, 4) is 0 Å². The monoisotopic (exact) mass is 277 g/mol. The summed E-state index contributed by atoms with van der Waals surface area (Å²) in [6.07, 6.45) is 6.77. The highest BCUT2D eigenvalue weighted by molar-refractivity contribution is 5.06. The van der Waals surface area contributed by atoms with Crippen molar-refractivity contribution in [3.05, 3.63) is 23.7 Å². The largest absolute Gasteiger partial charge is 0.462 e. The van der Waals surface area contributed by atoms with E-state index in [-0.39, 0.29) is 0 Å². The van der Waals surface area contributed by atoms with E-state index < -0.39 is 0 Å². The summed E-state index contributed by atoms with van der Waals surface area (Å²) in [5.74, 6) is 3.57. The van der Waals surface area contributed by atoms with Crippen molar-refractivity contribution in [3.63, 3.8) is 0 Å². The first-order chi connectivity index (χ1) is 9.69. The van der Waals surface area contributed by atoms with E-state index in [0.717, 1.165) is 35.9 Å². The Balaban J connectivity index is 1.43. The van der Waals surface area contributed by atoms with Crippen molar-refractivity contribution in [2.75, 3.05) is 0 Å². The molecule has 3 nitrogen and oxygen atoms in total. The summed E-state index contributed by atoms with van der Waals surface area (Å²) in [5.41, 5.74) is 0. The van der Waals surface area contributed by atoms with Gasteiger partial charge in [-0.3, -0.25) is 0 Å². The lowest BCUT2D eigenvalue weighted by atomic mass is 9.82. The van der Waals surface area contributed by atoms with Crippen LogP contribution in [0.2, 0.25) is 0 Å². The number of rotatable bonds is 6. The van der Waals surface area contributed by atoms with Crippen molar-refractivity contribution in [2.24, 2.45) is 11.8 Å². The maximum atomic E-state index is 6.05. The third-order valence-corrected chi connectivity index (χ3v) is 4.46. The van der Waals surface area contributed by atoms with Crippen molar-refractivity contribution >= 4 is 0 Å². The molecule has 112 valence electrons. The van der Waals surface area contributed by atoms with Crippen LogP contribution in [0.5, 0.6) is 0 Å². The smallest absolute Gasteiger partial charge is 0.129 e. The molecule has 1 aromatic rings. The molecular weight excluding hydrogens is 250 g/mol. The van der Waals surface area contributed by atoms with Gasteiger partial charge in [0, 0.05) is 6.04 Å². The van der Waals surface area contributed by atoms with Crippen LogP contribution >= 0.6 is 0 Å². The molecule has 0 radical (unpaired) electrons. The molecule has 0 saturated heterocycles. The Labute approximate surface area is 122 Å². The lowest BCUT2D eigenvalue weighted by Crippen LogP contribution is -2.26. The number of hydrogen-bond donors (Lipinski definition) is 1. The first kappa shape index (κ1) is 14.2. The van der Waals surface area contributed by atoms with E-state index in [1.807, 2.05) is 0 Å². The molecule has 1 heterocycles. The number of hydrogen-bond acceptors (Lipinski definition) is 3. The zero-order valence-electron chi connectivity index (χ0n) is 12.7. The molecule has 1 aromatic heterocycles. The Morgan fingerprint density at radius 3 is 2.50 bits per heavy atom. The van der Waals surface area contributed by atoms with Crippen molar-refractivity contribution in [1.29, 1.82) is 0 Å². The fraction of sp³-hybridized carbons (Fsp3) is 0.765. The summed E-state index contributed by atoms with van der Waals surface area (Å²) in [6.45, 7) is 6.14. The average molecular weight is 277 g/mol. The first-order valence-corrected chi connectivity index (χ1v) is 8.11. The van der Waals surface area contributed by atoms with E-state index in [4.69, 9.17) is 9.15 Å². The van der Waals surface area contributed by atoms with Gasteiger partial charge in [0.15, 0.2) is 0 Å². The fourth-order valence-electron chi connectivity index (χ4n) is 3.34. The molecule has 0 bridgehead atoms. The molecule has 2 unspecified atom stereocenters. The van der Waals surface area contributed by atoms with Gasteiger partial charge in [-0.2, -0.15) is 0 Å². The van der Waals surface area contributed by atoms with Gasteiger partial charge < -0.3 is 14.5 Å². The second kappa shape index (κ2) is 6.31. The molecule has 2 aliphatic carbocycles. The minimum atomic E-state index is 0.409. The number of nitrogens with one attached hydrogen (secondary N) is 1.